The summed E-state index contributed by atoms with van der Waals surface area (Å²) >= 11 is 0. The van der Waals surface area contributed by atoms with E-state index in [4.69, 9.17) is 11.5 Å². The maximum absolute atomic E-state index is 9.33. The molecule has 0 aliphatic rings. The number of nitrogens with zero attached hydrogens (tertiary/aromatic N) is 1. The predicted octanol–water partition coefficient (Wildman–Crippen LogP) is 1.91. The third kappa shape index (κ3) is 7.15. The monoisotopic (exact) mass is 267 g/mol. The van der Waals surface area contributed by atoms with Crippen molar-refractivity contribution in [2.75, 3.05) is 14.1 Å². The first-order valence-electron chi connectivity index (χ1n) is 6.44. The van der Waals surface area contributed by atoms with Crippen molar-refractivity contribution < 1.29 is 5.11 Å². The molecule has 0 atom stereocenters. The lowest BCUT2D eigenvalue weighted by Gasteiger charge is -2.34. The number of hydrogen-bond donors (Lipinski definition) is 3. The highest BCUT2D eigenvalue weighted by molar-refractivity contribution is 5.31. The molecule has 0 aliphatic heterocycles. The first-order chi connectivity index (χ1) is 8.45. The van der Waals surface area contributed by atoms with E-state index < -0.39 is 0 Å². The van der Waals surface area contributed by atoms with Crippen molar-refractivity contribution >= 4 is 0 Å². The summed E-state index contributed by atoms with van der Waals surface area (Å²) in [5.41, 5.74) is 11.8. The number of hydrogen-bond acceptors (Lipinski definition) is 4. The molecule has 0 fully saturated rings. The summed E-state index contributed by atoms with van der Waals surface area (Å²) in [4.78, 5) is 2.02. The summed E-state index contributed by atoms with van der Waals surface area (Å²) < 4.78 is 0. The second-order valence-electron chi connectivity index (χ2n) is 6.31. The zero-order valence-electron chi connectivity index (χ0n) is 13.1. The number of rotatable bonds is 3. The topological polar surface area (TPSA) is 75.5 Å². The van der Waals surface area contributed by atoms with Crippen molar-refractivity contribution in [3.05, 3.63) is 29.8 Å². The lowest BCUT2D eigenvalue weighted by atomic mass is 9.85. The van der Waals surface area contributed by atoms with Gasteiger partial charge in [-0.05, 0) is 47.9 Å². The fraction of sp³-hybridized carbons (Fsp3) is 0.600. The largest absolute Gasteiger partial charge is 0.508 e. The average molecular weight is 267 g/mol. The number of para-hydroxylation sites is 1. The second kappa shape index (κ2) is 6.89. The molecule has 5 N–H and O–H groups in total. The van der Waals surface area contributed by atoms with Gasteiger partial charge in [-0.3, -0.25) is 0 Å². The van der Waals surface area contributed by atoms with Gasteiger partial charge in [0.05, 0.1) is 0 Å². The maximum atomic E-state index is 9.33. The molecule has 0 radical (unpaired) electrons. The van der Waals surface area contributed by atoms with Gasteiger partial charge in [0.25, 0.3) is 0 Å². The van der Waals surface area contributed by atoms with E-state index in [1.54, 1.807) is 6.07 Å². The molecule has 0 bridgehead atoms. The van der Waals surface area contributed by atoms with Gasteiger partial charge in [-0.1, -0.05) is 18.2 Å². The van der Waals surface area contributed by atoms with Crippen LogP contribution < -0.4 is 11.5 Å². The van der Waals surface area contributed by atoms with Gasteiger partial charge in [0.1, 0.15) is 5.75 Å². The van der Waals surface area contributed by atoms with Crippen LogP contribution in [0.5, 0.6) is 5.75 Å². The van der Waals surface area contributed by atoms with Crippen LogP contribution in [0.3, 0.4) is 0 Å². The fourth-order valence-electron chi connectivity index (χ4n) is 0.985. The molecule has 1 aromatic carbocycles. The normalized spacial score (nSPS) is 12.1. The Kier molecular flexibility index (Phi) is 6.49. The SMILES string of the molecule is CC(C)(N)C(C)(C)N.CN(C)Cc1ccccc1O. The summed E-state index contributed by atoms with van der Waals surface area (Å²) in [6, 6.07) is 7.39. The Morgan fingerprint density at radius 3 is 1.74 bits per heavy atom. The zero-order chi connectivity index (χ0) is 15.3. The van der Waals surface area contributed by atoms with Gasteiger partial charge in [0.15, 0.2) is 0 Å². The van der Waals surface area contributed by atoms with Gasteiger partial charge < -0.3 is 21.5 Å². The molecule has 1 rings (SSSR count). The Morgan fingerprint density at radius 2 is 1.42 bits per heavy atom. The molecule has 19 heavy (non-hydrogen) atoms. The zero-order valence-corrected chi connectivity index (χ0v) is 13.1. The van der Waals surface area contributed by atoms with Crippen LogP contribution in [0.25, 0.3) is 0 Å². The van der Waals surface area contributed by atoms with Crippen LogP contribution >= 0.6 is 0 Å². The smallest absolute Gasteiger partial charge is 0.120 e. The van der Waals surface area contributed by atoms with E-state index in [1.807, 2.05) is 64.9 Å². The van der Waals surface area contributed by atoms with Gasteiger partial charge >= 0.3 is 0 Å². The minimum atomic E-state index is -0.285. The second-order valence-corrected chi connectivity index (χ2v) is 6.31. The Bertz CT molecular complexity index is 364. The molecular weight excluding hydrogens is 238 g/mol. The van der Waals surface area contributed by atoms with Gasteiger partial charge in [-0.15, -0.1) is 0 Å². The summed E-state index contributed by atoms with van der Waals surface area (Å²) in [6.45, 7) is 8.48. The van der Waals surface area contributed by atoms with Crippen molar-refractivity contribution in [2.45, 2.75) is 45.3 Å². The maximum Gasteiger partial charge on any atom is 0.120 e. The van der Waals surface area contributed by atoms with E-state index in [0.29, 0.717) is 5.75 Å². The van der Waals surface area contributed by atoms with Crippen LogP contribution in [0.2, 0.25) is 0 Å². The highest BCUT2D eigenvalue weighted by Gasteiger charge is 2.28. The summed E-state index contributed by atoms with van der Waals surface area (Å²) in [5.74, 6) is 0.376. The molecule has 0 amide bonds. The van der Waals surface area contributed by atoms with Crippen LogP contribution in [0.4, 0.5) is 0 Å². The van der Waals surface area contributed by atoms with Crippen LogP contribution in [-0.2, 0) is 6.54 Å². The van der Waals surface area contributed by atoms with E-state index >= 15 is 0 Å². The minimum absolute atomic E-state index is 0.285. The van der Waals surface area contributed by atoms with E-state index in [-0.39, 0.29) is 11.1 Å². The van der Waals surface area contributed by atoms with E-state index in [1.165, 1.54) is 0 Å². The first-order valence-corrected chi connectivity index (χ1v) is 6.44. The number of phenols is 1. The minimum Gasteiger partial charge on any atom is -0.508 e. The van der Waals surface area contributed by atoms with Crippen LogP contribution in [-0.4, -0.2) is 35.2 Å². The average Bonchev–Trinajstić information content (AvgIpc) is 2.18. The van der Waals surface area contributed by atoms with Gasteiger partial charge in [0, 0.05) is 23.2 Å². The van der Waals surface area contributed by atoms with E-state index in [2.05, 4.69) is 0 Å². The summed E-state index contributed by atoms with van der Waals surface area (Å²) in [5, 5.41) is 9.33. The molecule has 0 aliphatic carbocycles. The van der Waals surface area contributed by atoms with Gasteiger partial charge in [0.2, 0.25) is 0 Å². The molecule has 4 nitrogen and oxygen atoms in total. The molecule has 0 saturated heterocycles. The molecule has 0 heterocycles. The van der Waals surface area contributed by atoms with Crippen molar-refractivity contribution in [3.63, 3.8) is 0 Å². The Hall–Kier alpha value is -1.10. The first kappa shape index (κ1) is 17.9. The number of phenolic OH excluding ortho intramolecular Hbond substituents is 1. The molecule has 4 heteroatoms. The third-order valence-electron chi connectivity index (χ3n) is 3.14. The van der Waals surface area contributed by atoms with Crippen LogP contribution in [0.1, 0.15) is 33.3 Å². The molecule has 0 unspecified atom stereocenters. The fourth-order valence-corrected chi connectivity index (χ4v) is 0.985. The van der Waals surface area contributed by atoms with Crippen LogP contribution in [0, 0.1) is 0 Å². The third-order valence-corrected chi connectivity index (χ3v) is 3.14. The Labute approximate surface area is 117 Å². The van der Waals surface area contributed by atoms with Crippen molar-refractivity contribution in [2.24, 2.45) is 11.5 Å². The highest BCUT2D eigenvalue weighted by Crippen LogP contribution is 2.16. The predicted molar refractivity (Wildman–Crippen MR) is 82.0 cm³/mol. The number of nitrogens with two attached hydrogens (primary N) is 2. The molecule has 110 valence electrons. The van der Waals surface area contributed by atoms with Crippen LogP contribution in [0.15, 0.2) is 24.3 Å². The van der Waals surface area contributed by atoms with Gasteiger partial charge in [-0.2, -0.15) is 0 Å². The number of benzene rings is 1. The van der Waals surface area contributed by atoms with Crippen molar-refractivity contribution in [1.29, 1.82) is 0 Å². The quantitative estimate of drug-likeness (QED) is 0.782. The summed E-state index contributed by atoms with van der Waals surface area (Å²) in [6.07, 6.45) is 0. The highest BCUT2D eigenvalue weighted by atomic mass is 16.3. The molecule has 0 aromatic heterocycles. The Morgan fingerprint density at radius 1 is 1.00 bits per heavy atom. The van der Waals surface area contributed by atoms with E-state index in [9.17, 15) is 5.11 Å². The number of aromatic hydroxyl groups is 1. The lowest BCUT2D eigenvalue weighted by Crippen LogP contribution is -2.58. The summed E-state index contributed by atoms with van der Waals surface area (Å²) in [7, 11) is 3.96. The molecular formula is C15H29N3O. The standard InChI is InChI=1S/C9H13NO.C6H16N2/c1-10(2)7-8-5-3-4-6-9(8)11;1-5(2,7)6(3,4)8/h3-6,11H,7H2,1-2H3;7-8H2,1-4H3. The van der Waals surface area contributed by atoms with Crippen molar-refractivity contribution in [3.8, 4) is 5.75 Å². The molecule has 1 aromatic rings. The van der Waals surface area contributed by atoms with Gasteiger partial charge in [-0.25, -0.2) is 0 Å². The van der Waals surface area contributed by atoms with E-state index in [0.717, 1.165) is 12.1 Å². The Balaban J connectivity index is 0.000000362. The molecule has 0 spiro atoms. The van der Waals surface area contributed by atoms with Crippen molar-refractivity contribution in [1.82, 2.24) is 4.90 Å². The molecule has 0 saturated carbocycles. The lowest BCUT2D eigenvalue weighted by molar-refractivity contribution is 0.309.